The number of nitrogens with zero attached hydrogens (tertiary/aromatic N) is 1. The minimum absolute atomic E-state index is 0.162. The summed E-state index contributed by atoms with van der Waals surface area (Å²) in [6, 6.07) is 7.59. The van der Waals surface area contributed by atoms with Gasteiger partial charge in [-0.25, -0.2) is 0 Å². The Bertz CT molecular complexity index is 425. The maximum Gasteiger partial charge on any atom is 0.220 e. The lowest BCUT2D eigenvalue weighted by molar-refractivity contribution is -0.122. The van der Waals surface area contributed by atoms with Crippen LogP contribution in [0.5, 0.6) is 0 Å². The highest BCUT2D eigenvalue weighted by atomic mass is 35.5. The Balaban J connectivity index is 1.69. The van der Waals surface area contributed by atoms with Crippen LogP contribution in [0.4, 0.5) is 0 Å². The quantitative estimate of drug-likeness (QED) is 0.905. The Labute approximate surface area is 126 Å². The van der Waals surface area contributed by atoms with Gasteiger partial charge in [0.25, 0.3) is 0 Å². The molecule has 1 aliphatic heterocycles. The predicted octanol–water partition coefficient (Wildman–Crippen LogP) is 3.08. The number of amides is 1. The number of nitrogens with one attached hydrogen (secondary N) is 1. The molecular formula is C16H23ClN2O. The fourth-order valence-electron chi connectivity index (χ4n) is 2.64. The molecule has 0 spiro atoms. The highest BCUT2D eigenvalue weighted by molar-refractivity contribution is 6.30. The summed E-state index contributed by atoms with van der Waals surface area (Å²) in [6.07, 6.45) is 2.94. The zero-order chi connectivity index (χ0) is 14.4. The number of carbonyl (C=O) groups excluding carboxylic acids is 1. The molecule has 0 aliphatic carbocycles. The molecule has 4 heteroatoms. The molecule has 0 aromatic heterocycles. The minimum Gasteiger partial charge on any atom is -0.352 e. The summed E-state index contributed by atoms with van der Waals surface area (Å²) in [7, 11) is 0. The van der Waals surface area contributed by atoms with Crippen LogP contribution in [0.25, 0.3) is 0 Å². The van der Waals surface area contributed by atoms with Crippen LogP contribution in [0.1, 0.15) is 31.7 Å². The van der Waals surface area contributed by atoms with Crippen molar-refractivity contribution in [2.45, 2.75) is 32.7 Å². The molecule has 0 bridgehead atoms. The molecule has 2 rings (SSSR count). The van der Waals surface area contributed by atoms with Crippen LogP contribution in [0.3, 0.4) is 0 Å². The lowest BCUT2D eigenvalue weighted by Gasteiger charge is -2.30. The van der Waals surface area contributed by atoms with Gasteiger partial charge in [0, 0.05) is 18.0 Å². The molecular weight excluding hydrogens is 272 g/mol. The summed E-state index contributed by atoms with van der Waals surface area (Å²) in [5.41, 5.74) is 1.09. The first-order chi connectivity index (χ1) is 9.67. The maximum absolute atomic E-state index is 12.0. The topological polar surface area (TPSA) is 32.3 Å². The van der Waals surface area contributed by atoms with Gasteiger partial charge in [0.2, 0.25) is 5.91 Å². The highest BCUT2D eigenvalue weighted by Crippen LogP contribution is 2.20. The average Bonchev–Trinajstić information content (AvgIpc) is 2.47. The summed E-state index contributed by atoms with van der Waals surface area (Å²) >= 11 is 5.84. The Morgan fingerprint density at radius 1 is 1.30 bits per heavy atom. The van der Waals surface area contributed by atoms with Gasteiger partial charge >= 0.3 is 0 Å². The van der Waals surface area contributed by atoms with Gasteiger partial charge in [-0.1, -0.05) is 30.7 Å². The van der Waals surface area contributed by atoms with E-state index in [9.17, 15) is 4.79 Å². The number of likely N-dealkylation sites (tertiary alicyclic amines) is 1. The Kier molecular flexibility index (Phi) is 5.86. The van der Waals surface area contributed by atoms with Crippen LogP contribution in [0.15, 0.2) is 24.3 Å². The first kappa shape index (κ1) is 15.3. The predicted molar refractivity (Wildman–Crippen MR) is 82.8 cm³/mol. The Morgan fingerprint density at radius 3 is 2.55 bits per heavy atom. The second-order valence-corrected chi connectivity index (χ2v) is 5.92. The largest absolute Gasteiger partial charge is 0.352 e. The molecule has 0 radical (unpaired) electrons. The zero-order valence-corrected chi connectivity index (χ0v) is 12.8. The molecule has 0 unspecified atom stereocenters. The molecule has 3 nitrogen and oxygen atoms in total. The van der Waals surface area contributed by atoms with Gasteiger partial charge in [-0.2, -0.15) is 0 Å². The van der Waals surface area contributed by atoms with Crippen molar-refractivity contribution in [3.8, 4) is 0 Å². The molecule has 1 saturated heterocycles. The van der Waals surface area contributed by atoms with Crippen molar-refractivity contribution in [1.82, 2.24) is 10.2 Å². The number of piperidine rings is 1. The van der Waals surface area contributed by atoms with Crippen molar-refractivity contribution in [2.75, 3.05) is 19.6 Å². The number of benzene rings is 1. The van der Waals surface area contributed by atoms with E-state index in [4.69, 9.17) is 11.6 Å². The summed E-state index contributed by atoms with van der Waals surface area (Å²) in [6.45, 7) is 6.16. The van der Waals surface area contributed by atoms with Crippen molar-refractivity contribution in [3.05, 3.63) is 34.9 Å². The first-order valence-corrected chi connectivity index (χ1v) is 7.78. The van der Waals surface area contributed by atoms with Gasteiger partial charge < -0.3 is 10.2 Å². The fourth-order valence-corrected chi connectivity index (χ4v) is 2.77. The van der Waals surface area contributed by atoms with E-state index in [0.717, 1.165) is 43.1 Å². The highest BCUT2D eigenvalue weighted by Gasteiger charge is 2.20. The van der Waals surface area contributed by atoms with Crippen molar-refractivity contribution < 1.29 is 4.79 Å². The molecule has 110 valence electrons. The third kappa shape index (κ3) is 4.80. The van der Waals surface area contributed by atoms with E-state index in [1.54, 1.807) is 0 Å². The molecule has 1 amide bonds. The number of hydrogen-bond donors (Lipinski definition) is 1. The first-order valence-electron chi connectivity index (χ1n) is 7.41. The number of rotatable bonds is 5. The Hall–Kier alpha value is -1.06. The normalized spacial score (nSPS) is 17.1. The van der Waals surface area contributed by atoms with Gasteiger partial charge in [0.15, 0.2) is 0 Å². The molecule has 1 aliphatic rings. The van der Waals surface area contributed by atoms with E-state index in [1.807, 2.05) is 24.3 Å². The van der Waals surface area contributed by atoms with Gasteiger partial charge in [-0.05, 0) is 56.1 Å². The van der Waals surface area contributed by atoms with Crippen molar-refractivity contribution in [3.63, 3.8) is 0 Å². The summed E-state index contributed by atoms with van der Waals surface area (Å²) in [5, 5.41) is 3.72. The average molecular weight is 295 g/mol. The molecule has 1 heterocycles. The van der Waals surface area contributed by atoms with Gasteiger partial charge in [-0.3, -0.25) is 4.79 Å². The van der Waals surface area contributed by atoms with Gasteiger partial charge in [0.1, 0.15) is 0 Å². The van der Waals surface area contributed by atoms with Crippen molar-refractivity contribution >= 4 is 17.5 Å². The van der Waals surface area contributed by atoms with Gasteiger partial charge in [0.05, 0.1) is 0 Å². The minimum atomic E-state index is 0.162. The van der Waals surface area contributed by atoms with Crippen LogP contribution < -0.4 is 5.32 Å². The van der Waals surface area contributed by atoms with Crippen molar-refractivity contribution in [1.29, 1.82) is 0 Å². The zero-order valence-electron chi connectivity index (χ0n) is 12.1. The molecule has 1 fully saturated rings. The van der Waals surface area contributed by atoms with E-state index in [2.05, 4.69) is 17.1 Å². The Morgan fingerprint density at radius 2 is 1.95 bits per heavy atom. The van der Waals surface area contributed by atoms with E-state index in [1.165, 1.54) is 0 Å². The van der Waals surface area contributed by atoms with Crippen LogP contribution in [0, 0.1) is 5.92 Å². The standard InChI is InChI=1S/C16H23ClN2O/c1-2-19-9-7-13(8-10-19)11-16(20)18-12-14-3-5-15(17)6-4-14/h3-6,13H,2,7-12H2,1H3,(H,18,20). The number of halogens is 1. The molecule has 1 aromatic carbocycles. The monoisotopic (exact) mass is 294 g/mol. The van der Waals surface area contributed by atoms with Crippen molar-refractivity contribution in [2.24, 2.45) is 5.92 Å². The van der Waals surface area contributed by atoms with Crippen LogP contribution in [-0.4, -0.2) is 30.4 Å². The molecule has 1 aromatic rings. The van der Waals surface area contributed by atoms with Crippen LogP contribution in [-0.2, 0) is 11.3 Å². The summed E-state index contributed by atoms with van der Waals surface area (Å²) in [4.78, 5) is 14.4. The lowest BCUT2D eigenvalue weighted by atomic mass is 9.93. The van der Waals surface area contributed by atoms with Crippen LogP contribution >= 0.6 is 11.6 Å². The second kappa shape index (κ2) is 7.65. The lowest BCUT2D eigenvalue weighted by Crippen LogP contribution is -2.35. The molecule has 20 heavy (non-hydrogen) atoms. The molecule has 0 saturated carbocycles. The fraction of sp³-hybridized carbons (Fsp3) is 0.562. The maximum atomic E-state index is 12.0. The van der Waals surface area contributed by atoms with E-state index < -0.39 is 0 Å². The third-order valence-corrected chi connectivity index (χ3v) is 4.28. The number of hydrogen-bond acceptors (Lipinski definition) is 2. The smallest absolute Gasteiger partial charge is 0.220 e. The number of carbonyl (C=O) groups is 1. The second-order valence-electron chi connectivity index (χ2n) is 5.48. The summed E-state index contributed by atoms with van der Waals surface area (Å²) in [5.74, 6) is 0.706. The SMILES string of the molecule is CCN1CCC(CC(=O)NCc2ccc(Cl)cc2)CC1. The molecule has 1 N–H and O–H groups in total. The van der Waals surface area contributed by atoms with Crippen LogP contribution in [0.2, 0.25) is 5.02 Å². The van der Waals surface area contributed by atoms with E-state index in [-0.39, 0.29) is 5.91 Å². The summed E-state index contributed by atoms with van der Waals surface area (Å²) < 4.78 is 0. The van der Waals surface area contributed by atoms with E-state index in [0.29, 0.717) is 18.9 Å². The van der Waals surface area contributed by atoms with E-state index >= 15 is 0 Å². The molecule has 0 atom stereocenters. The van der Waals surface area contributed by atoms with Gasteiger partial charge in [-0.15, -0.1) is 0 Å². The third-order valence-electron chi connectivity index (χ3n) is 4.03.